The Morgan fingerprint density at radius 2 is 1.56 bits per heavy atom. The van der Waals surface area contributed by atoms with Gasteiger partial charge < -0.3 is 17.3 Å². The molecule has 1 aliphatic rings. The lowest BCUT2D eigenvalue weighted by Crippen LogP contribution is -3.13. The van der Waals surface area contributed by atoms with Crippen molar-refractivity contribution in [2.45, 2.75) is 38.8 Å². The number of halogens is 1. The number of carbonyl (C=O) groups excluding carboxylic acids is 1. The minimum absolute atomic E-state index is 0. The lowest BCUT2D eigenvalue weighted by Gasteiger charge is -2.35. The normalized spacial score (nSPS) is 19.1. The van der Waals surface area contributed by atoms with Crippen molar-refractivity contribution < 1.29 is 26.9 Å². The van der Waals surface area contributed by atoms with Crippen LogP contribution >= 0.6 is 0 Å². The van der Waals surface area contributed by atoms with Crippen molar-refractivity contribution in [1.29, 1.82) is 0 Å². The summed E-state index contributed by atoms with van der Waals surface area (Å²) in [5.41, 5.74) is 2.49. The summed E-state index contributed by atoms with van der Waals surface area (Å²) in [6.07, 6.45) is 3.11. The van der Waals surface area contributed by atoms with Gasteiger partial charge in [-0.2, -0.15) is 0 Å². The minimum atomic E-state index is -0.00123. The maximum absolute atomic E-state index is 12.1. The zero-order valence-corrected chi connectivity index (χ0v) is 16.7. The molecular weight excluding hydrogens is 360 g/mol. The van der Waals surface area contributed by atoms with Gasteiger partial charge in [0.05, 0.1) is 25.7 Å². The highest BCUT2D eigenvalue weighted by molar-refractivity contribution is 5.72. The number of nitrogens with one attached hydrogen (secondary N) is 1. The molecule has 4 nitrogen and oxygen atoms in total. The van der Waals surface area contributed by atoms with E-state index in [1.807, 2.05) is 30.3 Å². The molecule has 0 aliphatic carbocycles. The van der Waals surface area contributed by atoms with E-state index in [4.69, 9.17) is 4.84 Å². The Bertz CT molecular complexity index is 673. The molecule has 0 radical (unpaired) electrons. The van der Waals surface area contributed by atoms with Gasteiger partial charge in [0.1, 0.15) is 6.61 Å². The fourth-order valence-corrected chi connectivity index (χ4v) is 3.63. The monoisotopic (exact) mass is 388 g/mol. The van der Waals surface area contributed by atoms with Crippen LogP contribution in [0.2, 0.25) is 0 Å². The third-order valence-electron chi connectivity index (χ3n) is 5.13. The molecule has 5 heteroatoms. The van der Waals surface area contributed by atoms with Crippen LogP contribution in [0.3, 0.4) is 0 Å². The van der Waals surface area contributed by atoms with Gasteiger partial charge in [-0.1, -0.05) is 60.7 Å². The molecule has 3 rings (SSSR count). The van der Waals surface area contributed by atoms with E-state index in [1.165, 1.54) is 5.56 Å². The van der Waals surface area contributed by atoms with Gasteiger partial charge in [0.15, 0.2) is 0 Å². The first-order valence-electron chi connectivity index (χ1n) is 9.56. The molecule has 0 unspecified atom stereocenters. The average molecular weight is 389 g/mol. The fourth-order valence-electron chi connectivity index (χ4n) is 3.63. The Morgan fingerprint density at radius 3 is 2.11 bits per heavy atom. The zero-order chi connectivity index (χ0) is 18.2. The number of piperidine rings is 1. The van der Waals surface area contributed by atoms with E-state index in [-0.39, 0.29) is 24.4 Å². The zero-order valence-electron chi connectivity index (χ0n) is 15.9. The molecule has 1 N–H and O–H groups in total. The second-order valence-electron chi connectivity index (χ2n) is 7.07. The van der Waals surface area contributed by atoms with E-state index in [0.717, 1.165) is 44.5 Å². The molecule has 0 atom stereocenters. The lowest BCUT2D eigenvalue weighted by atomic mass is 10.0. The van der Waals surface area contributed by atoms with Crippen LogP contribution in [0.5, 0.6) is 0 Å². The molecule has 0 aromatic heterocycles. The number of benzene rings is 2. The van der Waals surface area contributed by atoms with Crippen molar-refractivity contribution in [3.8, 4) is 0 Å². The Morgan fingerprint density at radius 1 is 1.00 bits per heavy atom. The van der Waals surface area contributed by atoms with Crippen LogP contribution in [0.4, 0.5) is 0 Å². The fraction of sp³-hybridized carbons (Fsp3) is 0.409. The number of hydrogen-bond donors (Lipinski definition) is 1. The van der Waals surface area contributed by atoms with Crippen LogP contribution in [-0.2, 0) is 22.7 Å². The van der Waals surface area contributed by atoms with Gasteiger partial charge in [-0.15, -0.1) is 0 Å². The predicted molar refractivity (Wildman–Crippen MR) is 102 cm³/mol. The molecule has 0 bridgehead atoms. The predicted octanol–water partition coefficient (Wildman–Crippen LogP) is -0.739. The van der Waals surface area contributed by atoms with Crippen LogP contribution in [0.25, 0.3) is 0 Å². The Kier molecular flexibility index (Phi) is 8.79. The molecule has 2 aromatic carbocycles. The van der Waals surface area contributed by atoms with Gasteiger partial charge in [0, 0.05) is 26.2 Å². The molecule has 0 saturated carbocycles. The maximum atomic E-state index is 12.1. The van der Waals surface area contributed by atoms with Crippen LogP contribution in [0.1, 0.15) is 30.9 Å². The van der Waals surface area contributed by atoms with Crippen LogP contribution in [0, 0.1) is 0 Å². The molecule has 27 heavy (non-hydrogen) atoms. The first-order valence-corrected chi connectivity index (χ1v) is 9.56. The Hall–Kier alpha value is -1.88. The number of hydroxylamine groups is 2. The van der Waals surface area contributed by atoms with Crippen molar-refractivity contribution in [2.75, 3.05) is 19.6 Å². The number of quaternary nitrogens is 1. The SMILES string of the molecule is CC(=O)N(OCc1ccccc1)C1CC[NH+](CCc2ccccc2)CC1.[Cl-]. The Balaban J connectivity index is 0.00000261. The first kappa shape index (κ1) is 21.4. The molecule has 146 valence electrons. The summed E-state index contributed by atoms with van der Waals surface area (Å²) in [6, 6.07) is 20.9. The summed E-state index contributed by atoms with van der Waals surface area (Å²) >= 11 is 0. The van der Waals surface area contributed by atoms with Crippen molar-refractivity contribution in [2.24, 2.45) is 0 Å². The topological polar surface area (TPSA) is 34.0 Å². The second kappa shape index (κ2) is 11.1. The van der Waals surface area contributed by atoms with E-state index in [1.54, 1.807) is 16.9 Å². The smallest absolute Gasteiger partial charge is 0.243 e. The number of rotatable bonds is 7. The lowest BCUT2D eigenvalue weighted by molar-refractivity contribution is -0.905. The summed E-state index contributed by atoms with van der Waals surface area (Å²) < 4.78 is 0. The number of amides is 1. The third-order valence-corrected chi connectivity index (χ3v) is 5.13. The molecular formula is C22H29ClN2O2. The van der Waals surface area contributed by atoms with Gasteiger partial charge in [-0.25, -0.2) is 5.06 Å². The highest BCUT2D eigenvalue weighted by Gasteiger charge is 2.29. The molecule has 1 fully saturated rings. The number of hydrogen-bond acceptors (Lipinski definition) is 2. The van der Waals surface area contributed by atoms with Gasteiger partial charge in [0.2, 0.25) is 5.91 Å². The van der Waals surface area contributed by atoms with Gasteiger partial charge in [-0.3, -0.25) is 9.63 Å². The van der Waals surface area contributed by atoms with Crippen LogP contribution in [0.15, 0.2) is 60.7 Å². The molecule has 0 spiro atoms. The standard InChI is InChI=1S/C22H28N2O2.ClH/c1-19(25)24(26-18-21-10-6-3-7-11-21)22-13-16-23(17-14-22)15-12-20-8-4-2-5-9-20;/h2-11,22H,12-18H2,1H3;1H. The number of carbonyl (C=O) groups is 1. The summed E-state index contributed by atoms with van der Waals surface area (Å²) in [6.45, 7) is 5.38. The quantitative estimate of drug-likeness (QED) is 0.634. The summed E-state index contributed by atoms with van der Waals surface area (Å²) in [5, 5.41) is 1.61. The second-order valence-corrected chi connectivity index (χ2v) is 7.07. The van der Waals surface area contributed by atoms with Gasteiger partial charge in [-0.05, 0) is 11.1 Å². The van der Waals surface area contributed by atoms with Crippen molar-refractivity contribution in [3.05, 3.63) is 71.8 Å². The number of likely N-dealkylation sites (tertiary alicyclic amines) is 1. The highest BCUT2D eigenvalue weighted by atomic mass is 35.5. The largest absolute Gasteiger partial charge is 1.00 e. The van der Waals surface area contributed by atoms with Crippen molar-refractivity contribution in [3.63, 3.8) is 0 Å². The summed E-state index contributed by atoms with van der Waals surface area (Å²) in [4.78, 5) is 19.5. The average Bonchev–Trinajstić information content (AvgIpc) is 2.69. The van der Waals surface area contributed by atoms with E-state index >= 15 is 0 Å². The summed E-state index contributed by atoms with van der Waals surface area (Å²) in [5.74, 6) is -0.00123. The first-order chi connectivity index (χ1) is 12.7. The van der Waals surface area contributed by atoms with Gasteiger partial charge in [0.25, 0.3) is 0 Å². The molecule has 2 aromatic rings. The van der Waals surface area contributed by atoms with Crippen molar-refractivity contribution in [1.82, 2.24) is 5.06 Å². The Labute approximate surface area is 168 Å². The van der Waals surface area contributed by atoms with Crippen molar-refractivity contribution >= 4 is 5.91 Å². The maximum Gasteiger partial charge on any atom is 0.243 e. The highest BCUT2D eigenvalue weighted by Crippen LogP contribution is 2.13. The van der Waals surface area contributed by atoms with E-state index < -0.39 is 0 Å². The van der Waals surface area contributed by atoms with E-state index in [2.05, 4.69) is 30.3 Å². The van der Waals surface area contributed by atoms with E-state index in [9.17, 15) is 4.79 Å². The number of nitrogens with zero attached hydrogens (tertiary/aromatic N) is 1. The molecule has 1 saturated heterocycles. The molecule has 1 heterocycles. The summed E-state index contributed by atoms with van der Waals surface area (Å²) in [7, 11) is 0. The van der Waals surface area contributed by atoms with Crippen LogP contribution < -0.4 is 17.3 Å². The van der Waals surface area contributed by atoms with E-state index in [0.29, 0.717) is 6.61 Å². The third kappa shape index (κ3) is 6.65. The molecule has 1 amide bonds. The molecule has 1 aliphatic heterocycles. The minimum Gasteiger partial charge on any atom is -1.00 e. The van der Waals surface area contributed by atoms with Gasteiger partial charge >= 0.3 is 0 Å². The van der Waals surface area contributed by atoms with Crippen LogP contribution in [-0.4, -0.2) is 36.6 Å².